The minimum absolute atomic E-state index is 0.0117. The molecule has 0 fully saturated rings. The Morgan fingerprint density at radius 1 is 1.47 bits per heavy atom. The first-order valence-electron chi connectivity index (χ1n) is 6.29. The van der Waals surface area contributed by atoms with Crippen LogP contribution in [0.15, 0.2) is 18.2 Å². The van der Waals surface area contributed by atoms with Gasteiger partial charge in [-0.05, 0) is 42.5 Å². The van der Waals surface area contributed by atoms with Crippen LogP contribution in [0.4, 0.5) is 0 Å². The fourth-order valence-corrected chi connectivity index (χ4v) is 2.61. The SMILES string of the molecule is COc1ccc2c(c1)CCCC2(OCCO)C(=O)O. The molecular weight excluding hydrogens is 248 g/mol. The van der Waals surface area contributed by atoms with Crippen molar-refractivity contribution in [2.45, 2.75) is 24.9 Å². The molecule has 0 heterocycles. The van der Waals surface area contributed by atoms with E-state index in [1.54, 1.807) is 19.2 Å². The molecule has 19 heavy (non-hydrogen) atoms. The fourth-order valence-electron chi connectivity index (χ4n) is 2.61. The Hall–Kier alpha value is -1.59. The Kier molecular flexibility index (Phi) is 4.07. The van der Waals surface area contributed by atoms with E-state index in [-0.39, 0.29) is 13.2 Å². The molecule has 0 aliphatic heterocycles. The molecule has 0 amide bonds. The summed E-state index contributed by atoms with van der Waals surface area (Å²) < 4.78 is 10.7. The molecule has 0 saturated carbocycles. The van der Waals surface area contributed by atoms with Gasteiger partial charge in [-0.15, -0.1) is 0 Å². The Labute approximate surface area is 111 Å². The lowest BCUT2D eigenvalue weighted by Crippen LogP contribution is -2.42. The second kappa shape index (κ2) is 5.59. The summed E-state index contributed by atoms with van der Waals surface area (Å²) in [5, 5.41) is 18.4. The highest BCUT2D eigenvalue weighted by Crippen LogP contribution is 2.40. The molecule has 1 unspecified atom stereocenters. The highest BCUT2D eigenvalue weighted by Gasteiger charge is 2.44. The molecule has 1 atom stereocenters. The minimum atomic E-state index is -1.34. The summed E-state index contributed by atoms with van der Waals surface area (Å²) in [6.07, 6.45) is 1.96. The van der Waals surface area contributed by atoms with Crippen LogP contribution < -0.4 is 4.74 Å². The average Bonchev–Trinajstić information content (AvgIpc) is 2.44. The van der Waals surface area contributed by atoms with E-state index in [0.29, 0.717) is 17.7 Å². The third-order valence-electron chi connectivity index (χ3n) is 3.51. The Morgan fingerprint density at radius 3 is 2.89 bits per heavy atom. The van der Waals surface area contributed by atoms with Gasteiger partial charge in [-0.3, -0.25) is 0 Å². The molecule has 104 valence electrons. The predicted octanol–water partition coefficient (Wildman–Crippen LogP) is 1.32. The van der Waals surface area contributed by atoms with Gasteiger partial charge < -0.3 is 19.7 Å². The van der Waals surface area contributed by atoms with Crippen LogP contribution in [0.3, 0.4) is 0 Å². The minimum Gasteiger partial charge on any atom is -0.497 e. The maximum absolute atomic E-state index is 11.7. The number of rotatable bonds is 5. The van der Waals surface area contributed by atoms with Crippen molar-refractivity contribution in [3.63, 3.8) is 0 Å². The van der Waals surface area contributed by atoms with Gasteiger partial charge in [0.25, 0.3) is 0 Å². The summed E-state index contributed by atoms with van der Waals surface area (Å²) in [4.78, 5) is 11.7. The summed E-state index contributed by atoms with van der Waals surface area (Å²) in [6, 6.07) is 5.34. The van der Waals surface area contributed by atoms with Gasteiger partial charge in [-0.1, -0.05) is 6.07 Å². The number of aliphatic hydroxyl groups is 1. The number of carbonyl (C=O) groups is 1. The van der Waals surface area contributed by atoms with E-state index in [1.807, 2.05) is 6.07 Å². The van der Waals surface area contributed by atoms with Gasteiger partial charge in [0, 0.05) is 0 Å². The largest absolute Gasteiger partial charge is 0.497 e. The zero-order valence-electron chi connectivity index (χ0n) is 10.9. The summed E-state index contributed by atoms with van der Waals surface area (Å²) >= 11 is 0. The van der Waals surface area contributed by atoms with Crippen molar-refractivity contribution in [2.75, 3.05) is 20.3 Å². The zero-order valence-corrected chi connectivity index (χ0v) is 10.9. The highest BCUT2D eigenvalue weighted by atomic mass is 16.5. The van der Waals surface area contributed by atoms with Crippen LogP contribution >= 0.6 is 0 Å². The number of benzene rings is 1. The van der Waals surface area contributed by atoms with Crippen molar-refractivity contribution in [1.82, 2.24) is 0 Å². The predicted molar refractivity (Wildman–Crippen MR) is 68.3 cm³/mol. The van der Waals surface area contributed by atoms with Gasteiger partial charge in [-0.25, -0.2) is 4.79 Å². The first-order valence-corrected chi connectivity index (χ1v) is 6.29. The maximum Gasteiger partial charge on any atom is 0.340 e. The molecule has 0 bridgehead atoms. The van der Waals surface area contributed by atoms with E-state index >= 15 is 0 Å². The molecule has 0 spiro atoms. The van der Waals surface area contributed by atoms with E-state index in [2.05, 4.69) is 0 Å². The van der Waals surface area contributed by atoms with Crippen molar-refractivity contribution in [2.24, 2.45) is 0 Å². The van der Waals surface area contributed by atoms with Crippen LogP contribution in [-0.2, 0) is 21.6 Å². The molecular formula is C14H18O5. The molecule has 1 aromatic carbocycles. The molecule has 5 heteroatoms. The Bertz CT molecular complexity index is 471. The van der Waals surface area contributed by atoms with E-state index in [4.69, 9.17) is 14.6 Å². The number of fused-ring (bicyclic) bond motifs is 1. The van der Waals surface area contributed by atoms with Crippen LogP contribution in [0.1, 0.15) is 24.0 Å². The number of hydrogen-bond donors (Lipinski definition) is 2. The zero-order chi connectivity index (χ0) is 13.9. The molecule has 2 N–H and O–H groups in total. The molecule has 0 radical (unpaired) electrons. The number of carboxylic acids is 1. The first kappa shape index (κ1) is 13.8. The van der Waals surface area contributed by atoms with Crippen molar-refractivity contribution in [1.29, 1.82) is 0 Å². The van der Waals surface area contributed by atoms with Crippen LogP contribution in [0.25, 0.3) is 0 Å². The number of aliphatic hydroxyl groups excluding tert-OH is 1. The topological polar surface area (TPSA) is 76.0 Å². The van der Waals surface area contributed by atoms with E-state index < -0.39 is 11.6 Å². The molecule has 1 aromatic rings. The molecule has 0 saturated heterocycles. The van der Waals surface area contributed by atoms with Gasteiger partial charge in [-0.2, -0.15) is 0 Å². The Morgan fingerprint density at radius 2 is 2.26 bits per heavy atom. The number of carboxylic acid groups (broad SMARTS) is 1. The van der Waals surface area contributed by atoms with Crippen LogP contribution in [-0.4, -0.2) is 36.5 Å². The Balaban J connectivity index is 2.45. The van der Waals surface area contributed by atoms with Crippen LogP contribution in [0.2, 0.25) is 0 Å². The monoisotopic (exact) mass is 266 g/mol. The number of ether oxygens (including phenoxy) is 2. The summed E-state index contributed by atoms with van der Waals surface area (Å²) in [5.41, 5.74) is 0.259. The van der Waals surface area contributed by atoms with E-state index in [1.165, 1.54) is 0 Å². The lowest BCUT2D eigenvalue weighted by molar-refractivity contribution is -0.171. The quantitative estimate of drug-likeness (QED) is 0.840. The number of hydrogen-bond acceptors (Lipinski definition) is 4. The standard InChI is InChI=1S/C14H18O5/c1-18-11-4-5-12-10(9-11)3-2-6-14(12,13(16)17)19-8-7-15/h4-5,9,15H,2-3,6-8H2,1H3,(H,16,17). The van der Waals surface area contributed by atoms with Crippen molar-refractivity contribution >= 4 is 5.97 Å². The summed E-state index contributed by atoms with van der Waals surface area (Å²) in [7, 11) is 1.58. The second-order valence-electron chi connectivity index (χ2n) is 4.58. The maximum atomic E-state index is 11.7. The normalized spacial score (nSPS) is 21.8. The van der Waals surface area contributed by atoms with Gasteiger partial charge in [0.1, 0.15) is 5.75 Å². The van der Waals surface area contributed by atoms with Gasteiger partial charge in [0.05, 0.1) is 20.3 Å². The first-order chi connectivity index (χ1) is 9.14. The molecule has 0 aromatic heterocycles. The second-order valence-corrected chi connectivity index (χ2v) is 4.58. The number of methoxy groups -OCH3 is 1. The van der Waals surface area contributed by atoms with Crippen molar-refractivity contribution in [3.05, 3.63) is 29.3 Å². The van der Waals surface area contributed by atoms with Crippen LogP contribution in [0, 0.1) is 0 Å². The van der Waals surface area contributed by atoms with E-state index in [9.17, 15) is 9.90 Å². The molecule has 1 aliphatic rings. The van der Waals surface area contributed by atoms with E-state index in [0.717, 1.165) is 18.4 Å². The van der Waals surface area contributed by atoms with Gasteiger partial charge >= 0.3 is 5.97 Å². The van der Waals surface area contributed by atoms with Gasteiger partial charge in [0.15, 0.2) is 5.60 Å². The molecule has 5 nitrogen and oxygen atoms in total. The van der Waals surface area contributed by atoms with Crippen molar-refractivity contribution < 1.29 is 24.5 Å². The lowest BCUT2D eigenvalue weighted by Gasteiger charge is -2.35. The fraction of sp³-hybridized carbons (Fsp3) is 0.500. The van der Waals surface area contributed by atoms with Crippen LogP contribution in [0.5, 0.6) is 5.75 Å². The highest BCUT2D eigenvalue weighted by molar-refractivity contribution is 5.80. The van der Waals surface area contributed by atoms with Gasteiger partial charge in [0.2, 0.25) is 0 Å². The smallest absolute Gasteiger partial charge is 0.340 e. The number of aryl methyl sites for hydroxylation is 1. The average molecular weight is 266 g/mol. The molecule has 1 aliphatic carbocycles. The molecule has 2 rings (SSSR count). The summed E-state index contributed by atoms with van der Waals surface area (Å²) in [6.45, 7) is -0.182. The summed E-state index contributed by atoms with van der Waals surface area (Å²) in [5.74, 6) is -0.297. The lowest BCUT2D eigenvalue weighted by atomic mass is 9.79. The third-order valence-corrected chi connectivity index (χ3v) is 3.51. The van der Waals surface area contributed by atoms with Crippen molar-refractivity contribution in [3.8, 4) is 5.75 Å². The number of aliphatic carboxylic acids is 1. The third kappa shape index (κ3) is 2.43.